The molecule has 0 N–H and O–H groups in total. The van der Waals surface area contributed by atoms with Gasteiger partial charge in [0.15, 0.2) is 0 Å². The van der Waals surface area contributed by atoms with Gasteiger partial charge in [0.1, 0.15) is 12.0 Å². The molecule has 0 heterocycles. The summed E-state index contributed by atoms with van der Waals surface area (Å²) >= 11 is 3.42. The van der Waals surface area contributed by atoms with E-state index in [2.05, 4.69) is 28.1 Å². The highest BCUT2D eigenvalue weighted by Gasteiger charge is 1.98. The molecule has 0 atom stereocenters. The van der Waals surface area contributed by atoms with Crippen LogP contribution in [0.1, 0.15) is 6.42 Å². The molecule has 0 unspecified atom stereocenters. The van der Waals surface area contributed by atoms with Crippen LogP contribution < -0.4 is 4.74 Å². The average molecular weight is 305 g/mol. The molecule has 92 valence electrons. The van der Waals surface area contributed by atoms with Crippen molar-refractivity contribution in [2.45, 2.75) is 6.42 Å². The van der Waals surface area contributed by atoms with Crippen LogP contribution in [0.4, 0.5) is 0 Å². The van der Waals surface area contributed by atoms with Gasteiger partial charge in [-0.05, 0) is 35.4 Å². The minimum atomic E-state index is 0.425. The Labute approximate surface area is 115 Å². The lowest BCUT2D eigenvalue weighted by molar-refractivity contribution is -0.108. The summed E-state index contributed by atoms with van der Waals surface area (Å²) in [5.41, 5.74) is 2.31. The Balaban J connectivity index is 2.07. The van der Waals surface area contributed by atoms with Crippen molar-refractivity contribution in [3.8, 4) is 16.9 Å². The van der Waals surface area contributed by atoms with Crippen molar-refractivity contribution in [3.63, 3.8) is 0 Å². The van der Waals surface area contributed by atoms with Gasteiger partial charge in [-0.25, -0.2) is 0 Å². The van der Waals surface area contributed by atoms with Crippen LogP contribution in [0.15, 0.2) is 53.0 Å². The number of carbonyl (C=O) groups excluding carboxylic acids is 1. The number of carbonyl (C=O) groups is 1. The van der Waals surface area contributed by atoms with Gasteiger partial charge < -0.3 is 9.53 Å². The highest BCUT2D eigenvalue weighted by atomic mass is 79.9. The first-order valence-corrected chi connectivity index (χ1v) is 6.51. The second kappa shape index (κ2) is 6.36. The fourth-order valence-electron chi connectivity index (χ4n) is 1.61. The fourth-order valence-corrected chi connectivity index (χ4v) is 1.88. The summed E-state index contributed by atoms with van der Waals surface area (Å²) in [6.07, 6.45) is 1.28. The Morgan fingerprint density at radius 3 is 2.06 bits per heavy atom. The summed E-state index contributed by atoms with van der Waals surface area (Å²) < 4.78 is 6.49. The topological polar surface area (TPSA) is 26.3 Å². The molecular formula is C15H13BrO2. The lowest BCUT2D eigenvalue weighted by Crippen LogP contribution is -1.97. The van der Waals surface area contributed by atoms with Gasteiger partial charge in [0.05, 0.1) is 6.61 Å². The molecule has 0 radical (unpaired) electrons. The molecular weight excluding hydrogens is 292 g/mol. The molecule has 0 aliphatic carbocycles. The first-order valence-electron chi connectivity index (χ1n) is 5.72. The van der Waals surface area contributed by atoms with Crippen LogP contribution in [-0.4, -0.2) is 12.9 Å². The average Bonchev–Trinajstić information content (AvgIpc) is 2.41. The zero-order chi connectivity index (χ0) is 12.8. The van der Waals surface area contributed by atoms with Gasteiger partial charge in [0, 0.05) is 10.9 Å². The molecule has 2 aromatic rings. The molecule has 0 saturated heterocycles. The maximum Gasteiger partial charge on any atom is 0.123 e. The van der Waals surface area contributed by atoms with Crippen LogP contribution >= 0.6 is 15.9 Å². The standard InChI is InChI=1S/C15H13BrO2/c16-14-6-2-12(3-7-14)13-4-8-15(9-5-13)18-11-1-10-17/h2-10H,1,11H2. The summed E-state index contributed by atoms with van der Waals surface area (Å²) in [7, 11) is 0. The van der Waals surface area contributed by atoms with Gasteiger partial charge in [-0.1, -0.05) is 40.2 Å². The number of hydrogen-bond donors (Lipinski definition) is 0. The third-order valence-electron chi connectivity index (χ3n) is 2.54. The highest BCUT2D eigenvalue weighted by Crippen LogP contribution is 2.24. The third-order valence-corrected chi connectivity index (χ3v) is 3.06. The SMILES string of the molecule is O=CCCOc1ccc(-c2ccc(Br)cc2)cc1. The van der Waals surface area contributed by atoms with Gasteiger partial charge in [-0.3, -0.25) is 0 Å². The largest absolute Gasteiger partial charge is 0.493 e. The molecule has 0 aliphatic rings. The van der Waals surface area contributed by atoms with Crippen molar-refractivity contribution in [3.05, 3.63) is 53.0 Å². The van der Waals surface area contributed by atoms with Crippen LogP contribution in [0.5, 0.6) is 5.75 Å². The molecule has 3 heteroatoms. The summed E-state index contributed by atoms with van der Waals surface area (Å²) in [5.74, 6) is 0.790. The Kier molecular flexibility index (Phi) is 4.53. The summed E-state index contributed by atoms with van der Waals surface area (Å²) in [6, 6.07) is 16.0. The molecule has 0 bridgehead atoms. The minimum absolute atomic E-state index is 0.425. The monoisotopic (exact) mass is 304 g/mol. The quantitative estimate of drug-likeness (QED) is 0.614. The Bertz CT molecular complexity index is 503. The number of ether oxygens (including phenoxy) is 1. The van der Waals surface area contributed by atoms with Crippen molar-refractivity contribution in [2.75, 3.05) is 6.61 Å². The van der Waals surface area contributed by atoms with Crippen LogP contribution in [0.25, 0.3) is 11.1 Å². The Morgan fingerprint density at radius 1 is 0.944 bits per heavy atom. The molecule has 0 amide bonds. The lowest BCUT2D eigenvalue weighted by atomic mass is 10.1. The Morgan fingerprint density at radius 2 is 1.50 bits per heavy atom. The van der Waals surface area contributed by atoms with Crippen molar-refractivity contribution in [1.82, 2.24) is 0 Å². The van der Waals surface area contributed by atoms with E-state index in [-0.39, 0.29) is 0 Å². The van der Waals surface area contributed by atoms with E-state index < -0.39 is 0 Å². The predicted octanol–water partition coefficient (Wildman–Crippen LogP) is 4.08. The molecule has 18 heavy (non-hydrogen) atoms. The summed E-state index contributed by atoms with van der Waals surface area (Å²) in [6.45, 7) is 0.432. The minimum Gasteiger partial charge on any atom is -0.493 e. The molecule has 0 saturated carbocycles. The van der Waals surface area contributed by atoms with Crippen molar-refractivity contribution >= 4 is 22.2 Å². The van der Waals surface area contributed by atoms with Gasteiger partial charge in [-0.15, -0.1) is 0 Å². The second-order valence-corrected chi connectivity index (χ2v) is 4.75. The summed E-state index contributed by atoms with van der Waals surface area (Å²) in [4.78, 5) is 10.2. The molecule has 0 fully saturated rings. The zero-order valence-corrected chi connectivity index (χ0v) is 11.4. The van der Waals surface area contributed by atoms with E-state index in [4.69, 9.17) is 4.74 Å². The zero-order valence-electron chi connectivity index (χ0n) is 9.80. The molecule has 0 spiro atoms. The number of hydrogen-bond acceptors (Lipinski definition) is 2. The van der Waals surface area contributed by atoms with Crippen molar-refractivity contribution in [2.24, 2.45) is 0 Å². The fraction of sp³-hybridized carbons (Fsp3) is 0.133. The van der Waals surface area contributed by atoms with Crippen molar-refractivity contribution in [1.29, 1.82) is 0 Å². The predicted molar refractivity (Wildman–Crippen MR) is 75.8 cm³/mol. The van der Waals surface area contributed by atoms with E-state index in [1.165, 1.54) is 0 Å². The van der Waals surface area contributed by atoms with Gasteiger partial charge in [0.2, 0.25) is 0 Å². The normalized spacial score (nSPS) is 10.1. The molecule has 2 nitrogen and oxygen atoms in total. The van der Waals surface area contributed by atoms with Crippen LogP contribution in [0.3, 0.4) is 0 Å². The first kappa shape index (κ1) is 12.8. The Hall–Kier alpha value is -1.61. The van der Waals surface area contributed by atoms with E-state index in [9.17, 15) is 4.79 Å². The van der Waals surface area contributed by atoms with Gasteiger partial charge in [0.25, 0.3) is 0 Å². The maximum absolute atomic E-state index is 10.2. The van der Waals surface area contributed by atoms with Crippen LogP contribution in [-0.2, 0) is 4.79 Å². The first-order chi connectivity index (χ1) is 8.79. The van der Waals surface area contributed by atoms with E-state index in [1.54, 1.807) is 0 Å². The third kappa shape index (κ3) is 3.44. The maximum atomic E-state index is 10.2. The van der Waals surface area contributed by atoms with Gasteiger partial charge >= 0.3 is 0 Å². The summed E-state index contributed by atoms with van der Waals surface area (Å²) in [5, 5.41) is 0. The second-order valence-electron chi connectivity index (χ2n) is 3.84. The lowest BCUT2D eigenvalue weighted by Gasteiger charge is -2.06. The van der Waals surface area contributed by atoms with Crippen LogP contribution in [0, 0.1) is 0 Å². The van der Waals surface area contributed by atoms with Crippen molar-refractivity contribution < 1.29 is 9.53 Å². The molecule has 2 aromatic carbocycles. The number of aldehydes is 1. The van der Waals surface area contributed by atoms with Crippen LogP contribution in [0.2, 0.25) is 0 Å². The highest BCUT2D eigenvalue weighted by molar-refractivity contribution is 9.10. The molecule has 0 aromatic heterocycles. The number of benzene rings is 2. The van der Waals surface area contributed by atoms with E-state index in [1.807, 2.05) is 36.4 Å². The van der Waals surface area contributed by atoms with E-state index in [0.717, 1.165) is 27.6 Å². The molecule has 0 aliphatic heterocycles. The smallest absolute Gasteiger partial charge is 0.123 e. The molecule has 2 rings (SSSR count). The van der Waals surface area contributed by atoms with E-state index >= 15 is 0 Å². The number of halogens is 1. The number of rotatable bonds is 5. The van der Waals surface area contributed by atoms with E-state index in [0.29, 0.717) is 13.0 Å². The van der Waals surface area contributed by atoms with Gasteiger partial charge in [-0.2, -0.15) is 0 Å².